The molecule has 2 unspecified atom stereocenters. The maximum Gasteiger partial charge on any atom is 0.295 e. The van der Waals surface area contributed by atoms with Crippen LogP contribution < -0.4 is 10.0 Å². The van der Waals surface area contributed by atoms with Crippen molar-refractivity contribution in [2.45, 2.75) is 59.4 Å². The number of carbonyl (C=O) groups is 2. The van der Waals surface area contributed by atoms with Crippen LogP contribution in [0, 0.1) is 13.8 Å². The van der Waals surface area contributed by atoms with Gasteiger partial charge in [-0.3, -0.25) is 27.8 Å². The molecular formula is C34H30N8Na4O14S4. The molecule has 2 atom stereocenters. The summed E-state index contributed by atoms with van der Waals surface area (Å²) in [5.41, 5.74) is -0.295. The molecule has 22 nitrogen and oxygen atoms in total. The monoisotopic (exact) mass is 994 g/mol. The summed E-state index contributed by atoms with van der Waals surface area (Å²) < 4.78 is 136. The fraction of sp³-hybridized carbons (Fsp3) is 0.176. The van der Waals surface area contributed by atoms with Gasteiger partial charge in [0.1, 0.15) is 9.79 Å². The van der Waals surface area contributed by atoms with Gasteiger partial charge in [-0.15, -0.1) is 0 Å². The zero-order valence-corrected chi connectivity index (χ0v) is 46.4. The van der Waals surface area contributed by atoms with Crippen LogP contribution in [-0.2, 0) is 50.1 Å². The molecule has 64 heavy (non-hydrogen) atoms. The molecule has 0 saturated heterocycles. The topological polar surface area (TPSA) is 332 Å². The van der Waals surface area contributed by atoms with Crippen LogP contribution in [0.5, 0.6) is 0 Å². The molecule has 6 rings (SSSR count). The molecule has 4 radical (unpaired) electrons. The fourth-order valence-electron chi connectivity index (χ4n) is 5.92. The third kappa shape index (κ3) is 12.7. The van der Waals surface area contributed by atoms with Crippen LogP contribution in [-0.4, -0.2) is 205 Å². The number of rotatable bonds is 11. The molecule has 2 aliphatic rings. The Morgan fingerprint density at radius 1 is 0.484 bits per heavy atom. The third-order valence-corrected chi connectivity index (χ3v) is 12.5. The third-order valence-electron chi connectivity index (χ3n) is 8.95. The van der Waals surface area contributed by atoms with Gasteiger partial charge in [-0.1, -0.05) is 0 Å². The predicted octanol–water partition coefficient (Wildman–Crippen LogP) is 3.18. The van der Waals surface area contributed by atoms with Gasteiger partial charge in [-0.25, -0.2) is 0 Å². The summed E-state index contributed by atoms with van der Waals surface area (Å²) in [4.78, 5) is 23.9. The number of hydrazone groups is 2. The van der Waals surface area contributed by atoms with Gasteiger partial charge in [0.25, 0.3) is 52.3 Å². The fourth-order valence-corrected chi connectivity index (χ4v) is 8.30. The zero-order valence-electron chi connectivity index (χ0n) is 35.2. The van der Waals surface area contributed by atoms with Crippen LogP contribution in [0.2, 0.25) is 0 Å². The van der Waals surface area contributed by atoms with Crippen LogP contribution in [0.3, 0.4) is 0 Å². The Balaban J connectivity index is 0.00000352. The van der Waals surface area contributed by atoms with Crippen molar-refractivity contribution in [2.24, 2.45) is 30.7 Å². The van der Waals surface area contributed by atoms with E-state index in [1.54, 1.807) is 0 Å². The summed E-state index contributed by atoms with van der Waals surface area (Å²) in [6.45, 7) is 5.76. The van der Waals surface area contributed by atoms with E-state index in [9.17, 15) is 61.5 Å². The Labute approximate surface area is 455 Å². The second kappa shape index (κ2) is 22.0. The number of hydrogen-bond acceptors (Lipinski definition) is 16. The molecule has 0 aromatic heterocycles. The van der Waals surface area contributed by atoms with Gasteiger partial charge >= 0.3 is 0 Å². The smallest absolute Gasteiger partial charge is 0.282 e. The summed E-state index contributed by atoms with van der Waals surface area (Å²) in [5, 5.41) is 26.2. The van der Waals surface area contributed by atoms with Crippen molar-refractivity contribution in [1.29, 1.82) is 0 Å². The Hall–Kier alpha value is -2.00. The van der Waals surface area contributed by atoms with Gasteiger partial charge in [0.2, 0.25) is 0 Å². The molecule has 4 aromatic carbocycles. The van der Waals surface area contributed by atoms with Crippen molar-refractivity contribution < 1.29 is 61.5 Å². The van der Waals surface area contributed by atoms with E-state index in [1.165, 1.54) is 52.0 Å². The summed E-state index contributed by atoms with van der Waals surface area (Å²) in [6.07, 6.45) is 0. The van der Waals surface area contributed by atoms with Gasteiger partial charge in [0.15, 0.2) is 12.1 Å². The van der Waals surface area contributed by atoms with Crippen LogP contribution in [0.25, 0.3) is 11.1 Å². The number of azo groups is 2. The molecule has 0 aliphatic carbocycles. The molecule has 0 spiro atoms. The molecule has 2 aliphatic heterocycles. The van der Waals surface area contributed by atoms with Crippen LogP contribution in [0.1, 0.15) is 25.0 Å². The van der Waals surface area contributed by atoms with Crippen molar-refractivity contribution in [3.8, 4) is 11.1 Å². The SMILES string of the molecule is CC1=NN(c2ccc(S(=O)(=O)O)cc2)C(=O)C1N=Nc1cc(S(=O)(=O)O)c(-c2cc(C)c(N=NC3C(=O)N(c4ccc(S(=O)(=O)O)cc4)N=C3C)cc2S(=O)(=O)O)cc1C.[Na].[Na].[Na].[Na]. The van der Waals surface area contributed by atoms with Crippen molar-refractivity contribution in [3.63, 3.8) is 0 Å². The second-order valence-corrected chi connectivity index (χ2v) is 18.8. The predicted molar refractivity (Wildman–Crippen MR) is 234 cm³/mol. The summed E-state index contributed by atoms with van der Waals surface area (Å²) in [5.74, 6) is -1.45. The first kappa shape index (κ1) is 58.1. The molecule has 0 fully saturated rings. The van der Waals surface area contributed by atoms with Gasteiger partial charge in [-0.05, 0) is 112 Å². The van der Waals surface area contributed by atoms with Gasteiger partial charge < -0.3 is 0 Å². The van der Waals surface area contributed by atoms with E-state index in [2.05, 4.69) is 30.7 Å². The van der Waals surface area contributed by atoms with E-state index in [-0.39, 0.29) is 164 Å². The Morgan fingerprint density at radius 2 is 0.781 bits per heavy atom. The molecule has 30 heteroatoms. The number of amides is 2. The van der Waals surface area contributed by atoms with Gasteiger partial charge in [-0.2, -0.15) is 74.3 Å². The van der Waals surface area contributed by atoms with E-state index in [4.69, 9.17) is 0 Å². The molecule has 4 aromatic rings. The number of anilines is 2. The molecular weight excluding hydrogens is 965 g/mol. The van der Waals surface area contributed by atoms with Crippen molar-refractivity contribution >= 4 is 205 Å². The minimum absolute atomic E-state index is 0. The van der Waals surface area contributed by atoms with Gasteiger partial charge in [0, 0.05) is 129 Å². The Kier molecular flexibility index (Phi) is 19.9. The average Bonchev–Trinajstić information content (AvgIpc) is 3.60. The van der Waals surface area contributed by atoms with Gasteiger partial charge in [0.05, 0.1) is 44.0 Å². The first-order valence-corrected chi connectivity index (χ1v) is 22.5. The standard InChI is InChI=1S/C34H30N8O14S4.4Na/c1-17-13-25(29(59(51,52)53)15-27(17)35-37-31-19(3)39-41(33(31)43)21-5-9-23(10-6-21)57(45,46)47)26-14-18(2)28(16-30(26)60(54,55)56)36-38-32-20(4)40-42(34(32)44)22-7-11-24(12-8-22)58(48,49)50;;;;/h5-16,31-32H,1-4H3,(H,45,46,47)(H,48,49,50)(H,51,52,53)(H,54,55,56);;;;. The minimum Gasteiger partial charge on any atom is -0.282 e. The summed E-state index contributed by atoms with van der Waals surface area (Å²) >= 11 is 0. The van der Waals surface area contributed by atoms with E-state index >= 15 is 0 Å². The first-order chi connectivity index (χ1) is 27.8. The van der Waals surface area contributed by atoms with E-state index < -0.39 is 95.1 Å². The molecule has 4 N–H and O–H groups in total. The Bertz CT molecular complexity index is 2890. The van der Waals surface area contributed by atoms with E-state index in [0.717, 1.165) is 58.5 Å². The van der Waals surface area contributed by atoms with Crippen molar-refractivity contribution in [1.82, 2.24) is 0 Å². The van der Waals surface area contributed by atoms with Crippen LogP contribution >= 0.6 is 0 Å². The molecule has 2 heterocycles. The zero-order chi connectivity index (χ0) is 44.3. The minimum atomic E-state index is -5.17. The maximum atomic E-state index is 13.2. The van der Waals surface area contributed by atoms with Crippen LogP contribution in [0.4, 0.5) is 22.7 Å². The number of aryl methyl sites for hydroxylation is 2. The second-order valence-electron chi connectivity index (χ2n) is 13.2. The molecule has 318 valence electrons. The average molecular weight is 995 g/mol. The molecule has 0 bridgehead atoms. The summed E-state index contributed by atoms with van der Waals surface area (Å²) in [6, 6.07) is 10.5. The molecule has 2 amide bonds. The largest absolute Gasteiger partial charge is 0.295 e. The molecule has 0 saturated carbocycles. The van der Waals surface area contributed by atoms with Crippen molar-refractivity contribution in [2.75, 3.05) is 10.0 Å². The van der Waals surface area contributed by atoms with E-state index in [1.807, 2.05) is 0 Å². The normalized spacial score (nSPS) is 16.8. The quantitative estimate of drug-likeness (QED) is 0.0953. The summed E-state index contributed by atoms with van der Waals surface area (Å²) in [7, 11) is -19.4. The Morgan fingerprint density at radius 3 is 1.05 bits per heavy atom. The van der Waals surface area contributed by atoms with E-state index in [0.29, 0.717) is 0 Å². The maximum absolute atomic E-state index is 13.2. The van der Waals surface area contributed by atoms with Crippen LogP contribution in [0.15, 0.2) is 123 Å². The number of hydrogen-bond donors (Lipinski definition) is 4. The number of carbonyl (C=O) groups excluding carboxylic acids is 2. The number of nitrogens with zero attached hydrogens (tertiary/aromatic N) is 8. The number of benzene rings is 4. The first-order valence-electron chi connectivity index (χ1n) is 16.8. The van der Waals surface area contributed by atoms with Crippen molar-refractivity contribution in [3.05, 3.63) is 83.9 Å².